The first kappa shape index (κ1) is 10.7. The van der Waals surface area contributed by atoms with Crippen LogP contribution in [-0.4, -0.2) is 16.1 Å². The number of fused-ring (bicyclic) bond motifs is 1. The zero-order valence-corrected chi connectivity index (χ0v) is 9.13. The fraction of sp³-hybridized carbons (Fsp3) is 0.0909. The van der Waals surface area contributed by atoms with Gasteiger partial charge in [-0.15, -0.1) is 0 Å². The number of benzene rings is 1. The molecule has 5 heteroatoms. The second kappa shape index (κ2) is 3.64. The molecule has 1 aromatic heterocycles. The van der Waals surface area contributed by atoms with Crippen LogP contribution in [0.1, 0.15) is 16.1 Å². The van der Waals surface area contributed by atoms with Gasteiger partial charge in [0.25, 0.3) is 0 Å². The van der Waals surface area contributed by atoms with E-state index in [-0.39, 0.29) is 16.7 Å². The van der Waals surface area contributed by atoms with Gasteiger partial charge in [-0.3, -0.25) is 4.79 Å². The normalized spacial score (nSPS) is 10.6. The average Bonchev–Trinajstić information content (AvgIpc) is 2.22. The summed E-state index contributed by atoms with van der Waals surface area (Å²) in [5.41, 5.74) is 0.144. The maximum Gasteiger partial charge on any atom is 0.352 e. The Labute approximate surface area is 95.5 Å². The fourth-order valence-electron chi connectivity index (χ4n) is 1.60. The summed E-state index contributed by atoms with van der Waals surface area (Å²) in [5, 5.41) is 9.56. The number of rotatable bonds is 1. The molecule has 16 heavy (non-hydrogen) atoms. The summed E-state index contributed by atoms with van der Waals surface area (Å²) in [4.78, 5) is 25.5. The van der Waals surface area contributed by atoms with Gasteiger partial charge in [-0.2, -0.15) is 0 Å². The summed E-state index contributed by atoms with van der Waals surface area (Å²) in [6.45, 7) is 1.46. The third-order valence-corrected chi connectivity index (χ3v) is 2.74. The molecule has 2 aromatic rings. The molecule has 0 aliphatic heterocycles. The minimum Gasteiger partial charge on any atom is -0.477 e. The Balaban J connectivity index is 3.00. The SMILES string of the molecule is Cc1c(C(=O)O)[nH]c2cccc(Cl)c2c1=O. The van der Waals surface area contributed by atoms with Crippen LogP contribution in [0.4, 0.5) is 0 Å². The van der Waals surface area contributed by atoms with Crippen LogP contribution in [0.15, 0.2) is 23.0 Å². The van der Waals surface area contributed by atoms with Crippen molar-refractivity contribution in [3.8, 4) is 0 Å². The van der Waals surface area contributed by atoms with Crippen molar-refractivity contribution in [1.82, 2.24) is 4.98 Å². The van der Waals surface area contributed by atoms with Crippen molar-refractivity contribution >= 4 is 28.5 Å². The zero-order valence-electron chi connectivity index (χ0n) is 8.37. The van der Waals surface area contributed by atoms with E-state index in [0.29, 0.717) is 15.9 Å². The van der Waals surface area contributed by atoms with Gasteiger partial charge in [-0.1, -0.05) is 17.7 Å². The van der Waals surface area contributed by atoms with E-state index in [1.54, 1.807) is 18.2 Å². The number of carbonyl (C=O) groups is 1. The smallest absolute Gasteiger partial charge is 0.352 e. The molecule has 0 spiro atoms. The molecule has 4 nitrogen and oxygen atoms in total. The fourth-order valence-corrected chi connectivity index (χ4v) is 1.86. The summed E-state index contributed by atoms with van der Waals surface area (Å²) in [6.07, 6.45) is 0. The second-order valence-electron chi connectivity index (χ2n) is 3.42. The lowest BCUT2D eigenvalue weighted by molar-refractivity contribution is 0.0690. The highest BCUT2D eigenvalue weighted by molar-refractivity contribution is 6.35. The summed E-state index contributed by atoms with van der Waals surface area (Å²) in [5.74, 6) is -1.16. The maximum absolute atomic E-state index is 11.9. The Morgan fingerprint density at radius 2 is 2.12 bits per heavy atom. The van der Waals surface area contributed by atoms with E-state index in [9.17, 15) is 9.59 Å². The number of carboxylic acid groups (broad SMARTS) is 1. The zero-order chi connectivity index (χ0) is 11.9. The number of hydrogen-bond acceptors (Lipinski definition) is 2. The van der Waals surface area contributed by atoms with Gasteiger partial charge < -0.3 is 10.1 Å². The quantitative estimate of drug-likeness (QED) is 0.799. The Kier molecular flexibility index (Phi) is 2.44. The van der Waals surface area contributed by atoms with E-state index < -0.39 is 5.97 Å². The monoisotopic (exact) mass is 237 g/mol. The Morgan fingerprint density at radius 3 is 2.75 bits per heavy atom. The molecule has 0 aliphatic rings. The number of nitrogens with one attached hydrogen (secondary N) is 1. The molecular weight excluding hydrogens is 230 g/mol. The Hall–Kier alpha value is -1.81. The summed E-state index contributed by atoms with van der Waals surface area (Å²) < 4.78 is 0. The molecule has 0 saturated heterocycles. The number of carboxylic acids is 1. The largest absolute Gasteiger partial charge is 0.477 e. The topological polar surface area (TPSA) is 70.2 Å². The first-order chi connectivity index (χ1) is 7.52. The number of halogens is 1. The third-order valence-electron chi connectivity index (χ3n) is 2.43. The average molecular weight is 238 g/mol. The van der Waals surface area contributed by atoms with Gasteiger partial charge >= 0.3 is 5.97 Å². The van der Waals surface area contributed by atoms with Gasteiger partial charge in [0.05, 0.1) is 15.9 Å². The van der Waals surface area contributed by atoms with Gasteiger partial charge in [-0.25, -0.2) is 4.79 Å². The molecule has 0 aliphatic carbocycles. The van der Waals surface area contributed by atoms with Crippen LogP contribution in [-0.2, 0) is 0 Å². The highest BCUT2D eigenvalue weighted by Gasteiger charge is 2.14. The lowest BCUT2D eigenvalue weighted by atomic mass is 10.1. The minimum absolute atomic E-state index is 0.0974. The van der Waals surface area contributed by atoms with Crippen molar-refractivity contribution in [2.45, 2.75) is 6.92 Å². The van der Waals surface area contributed by atoms with Gasteiger partial charge in [0.15, 0.2) is 5.43 Å². The van der Waals surface area contributed by atoms with Crippen LogP contribution < -0.4 is 5.43 Å². The number of hydrogen-bond donors (Lipinski definition) is 2. The standard InChI is InChI=1S/C11H8ClNO3/c1-5-9(11(15)16)13-7-4-2-3-6(12)8(7)10(5)14/h2-4H,1H3,(H,13,14)(H,15,16). The molecule has 0 unspecified atom stereocenters. The molecule has 0 atom stereocenters. The van der Waals surface area contributed by atoms with Crippen molar-refractivity contribution in [3.63, 3.8) is 0 Å². The first-order valence-corrected chi connectivity index (χ1v) is 4.94. The first-order valence-electron chi connectivity index (χ1n) is 4.56. The van der Waals surface area contributed by atoms with Crippen LogP contribution >= 0.6 is 11.6 Å². The van der Waals surface area contributed by atoms with Crippen LogP contribution in [0.5, 0.6) is 0 Å². The van der Waals surface area contributed by atoms with Gasteiger partial charge in [-0.05, 0) is 19.1 Å². The number of aromatic carboxylic acids is 1. The number of H-pyrrole nitrogens is 1. The lowest BCUT2D eigenvalue weighted by Crippen LogP contribution is -2.15. The van der Waals surface area contributed by atoms with E-state index in [1.165, 1.54) is 6.92 Å². The summed E-state index contributed by atoms with van der Waals surface area (Å²) in [7, 11) is 0. The van der Waals surface area contributed by atoms with Crippen LogP contribution in [0.3, 0.4) is 0 Å². The molecule has 1 heterocycles. The second-order valence-corrected chi connectivity index (χ2v) is 3.83. The van der Waals surface area contributed by atoms with Crippen molar-refractivity contribution in [1.29, 1.82) is 0 Å². The van der Waals surface area contributed by atoms with Crippen molar-refractivity contribution in [2.24, 2.45) is 0 Å². The summed E-state index contributed by atoms with van der Waals surface area (Å²) >= 11 is 5.90. The van der Waals surface area contributed by atoms with Crippen LogP contribution in [0.2, 0.25) is 5.02 Å². The molecule has 0 saturated carbocycles. The van der Waals surface area contributed by atoms with Crippen molar-refractivity contribution in [3.05, 3.63) is 44.7 Å². The molecule has 82 valence electrons. The van der Waals surface area contributed by atoms with Crippen molar-refractivity contribution < 1.29 is 9.90 Å². The Morgan fingerprint density at radius 1 is 1.44 bits per heavy atom. The van der Waals surface area contributed by atoms with Crippen molar-refractivity contribution in [2.75, 3.05) is 0 Å². The van der Waals surface area contributed by atoms with Gasteiger partial charge in [0.2, 0.25) is 0 Å². The maximum atomic E-state index is 11.9. The molecule has 0 bridgehead atoms. The molecule has 0 fully saturated rings. The van der Waals surface area contributed by atoms with E-state index in [0.717, 1.165) is 0 Å². The molecule has 1 aromatic carbocycles. The predicted octanol–water partition coefficient (Wildman–Crippen LogP) is 2.19. The number of aromatic amines is 1. The predicted molar refractivity (Wildman–Crippen MR) is 61.3 cm³/mol. The molecule has 0 amide bonds. The minimum atomic E-state index is -1.16. The molecular formula is C11H8ClNO3. The molecule has 2 rings (SSSR count). The molecule has 2 N–H and O–H groups in total. The van der Waals surface area contributed by atoms with E-state index >= 15 is 0 Å². The Bertz CT molecular complexity index is 645. The van der Waals surface area contributed by atoms with E-state index in [2.05, 4.69) is 4.98 Å². The third kappa shape index (κ3) is 1.47. The highest BCUT2D eigenvalue weighted by atomic mass is 35.5. The van der Waals surface area contributed by atoms with E-state index in [4.69, 9.17) is 16.7 Å². The van der Waals surface area contributed by atoms with Gasteiger partial charge in [0.1, 0.15) is 5.69 Å². The highest BCUT2D eigenvalue weighted by Crippen LogP contribution is 2.19. The molecule has 0 radical (unpaired) electrons. The van der Waals surface area contributed by atoms with Gasteiger partial charge in [0, 0.05) is 5.56 Å². The van der Waals surface area contributed by atoms with Crippen LogP contribution in [0.25, 0.3) is 10.9 Å². The number of pyridine rings is 1. The lowest BCUT2D eigenvalue weighted by Gasteiger charge is -2.05. The van der Waals surface area contributed by atoms with E-state index in [1.807, 2.05) is 0 Å². The summed E-state index contributed by atoms with van der Waals surface area (Å²) in [6, 6.07) is 4.87. The number of aromatic nitrogens is 1. The van der Waals surface area contributed by atoms with Crippen LogP contribution in [0, 0.1) is 6.92 Å².